The van der Waals surface area contributed by atoms with Crippen LogP contribution in [0.5, 0.6) is 0 Å². The summed E-state index contributed by atoms with van der Waals surface area (Å²) in [7, 11) is 3.60. The lowest BCUT2D eigenvalue weighted by Crippen LogP contribution is -2.55. The van der Waals surface area contributed by atoms with Crippen molar-refractivity contribution in [1.29, 1.82) is 0 Å². The highest BCUT2D eigenvalue weighted by Gasteiger charge is 2.45. The minimum atomic E-state index is -0.988. The number of carbonyl (C=O) groups is 2. The van der Waals surface area contributed by atoms with Crippen LogP contribution in [-0.4, -0.2) is 81.8 Å². The van der Waals surface area contributed by atoms with Crippen LogP contribution in [0, 0.1) is 0 Å². The second-order valence-corrected chi connectivity index (χ2v) is 11.4. The SMILES string of the molecule is C[N+]1(OC(=O)C(=O)O[N+]2(C)CCCC(c3nc(C4CC4)no3)C2)CCCC(c2nc(C3CC3)no2)C1. The summed E-state index contributed by atoms with van der Waals surface area (Å²) in [6.45, 7) is 2.15. The number of likely N-dealkylation sites (N-methyl/N-ethyl adjacent to an activating group) is 2. The van der Waals surface area contributed by atoms with Crippen LogP contribution in [0.15, 0.2) is 9.05 Å². The predicted octanol–water partition coefficient (Wildman–Crippen LogP) is 2.47. The van der Waals surface area contributed by atoms with Gasteiger partial charge in [-0.05, 0) is 38.5 Å². The van der Waals surface area contributed by atoms with Gasteiger partial charge in [-0.2, -0.15) is 9.97 Å². The highest BCUT2D eigenvalue weighted by Crippen LogP contribution is 2.40. The first-order valence-corrected chi connectivity index (χ1v) is 13.1. The molecule has 4 fully saturated rings. The van der Waals surface area contributed by atoms with E-state index in [1.54, 1.807) is 14.1 Å². The lowest BCUT2D eigenvalue weighted by atomic mass is 9.98. The fraction of sp³-hybridized carbons (Fsp3) is 0.750. The molecule has 12 heteroatoms. The van der Waals surface area contributed by atoms with Gasteiger partial charge in [-0.25, -0.2) is 9.59 Å². The van der Waals surface area contributed by atoms with Crippen molar-refractivity contribution >= 4 is 11.9 Å². The van der Waals surface area contributed by atoms with E-state index in [0.29, 0.717) is 49.8 Å². The van der Waals surface area contributed by atoms with E-state index in [1.807, 2.05) is 0 Å². The Balaban J connectivity index is 1.05. The van der Waals surface area contributed by atoms with Crippen molar-refractivity contribution in [3.05, 3.63) is 23.4 Å². The van der Waals surface area contributed by atoms with Gasteiger partial charge >= 0.3 is 11.9 Å². The summed E-state index contributed by atoms with van der Waals surface area (Å²) in [6.07, 6.45) is 7.78. The zero-order valence-corrected chi connectivity index (χ0v) is 20.9. The summed E-state index contributed by atoms with van der Waals surface area (Å²) in [5.74, 6) is 1.53. The van der Waals surface area contributed by atoms with Crippen LogP contribution >= 0.6 is 0 Å². The van der Waals surface area contributed by atoms with Crippen molar-refractivity contribution < 1.29 is 37.6 Å². The molecule has 2 aromatic rings. The van der Waals surface area contributed by atoms with Crippen LogP contribution in [0.3, 0.4) is 0 Å². The minimum absolute atomic E-state index is 0.0186. The lowest BCUT2D eigenvalue weighted by Gasteiger charge is -2.37. The summed E-state index contributed by atoms with van der Waals surface area (Å²) in [5.41, 5.74) is 0. The quantitative estimate of drug-likeness (QED) is 0.429. The largest absolute Gasteiger partial charge is 0.480 e. The molecule has 0 spiro atoms. The standard InChI is InChI=1S/C24H34N6O6/c1-29(11-3-5-17(13-29)21-25-19(27-33-21)15-7-8-15)35-23(31)24(32)36-30(2)12-4-6-18(14-30)22-26-20(28-34-22)16-9-10-16/h15-18H,3-14H2,1-2H3/q+2. The average Bonchev–Trinajstić information content (AvgIpc) is 3.78. The number of nitrogens with zero attached hydrogens (tertiary/aromatic N) is 6. The molecule has 2 saturated carbocycles. The molecule has 0 radical (unpaired) electrons. The van der Waals surface area contributed by atoms with Crippen LogP contribution in [-0.2, 0) is 19.3 Å². The topological polar surface area (TPSA) is 130 Å². The molecule has 2 aliphatic carbocycles. The van der Waals surface area contributed by atoms with Crippen LogP contribution in [0.4, 0.5) is 0 Å². The summed E-state index contributed by atoms with van der Waals surface area (Å²) in [5, 5.41) is 8.22. The Morgan fingerprint density at radius 3 is 1.50 bits per heavy atom. The highest BCUT2D eigenvalue weighted by atomic mass is 16.8. The van der Waals surface area contributed by atoms with Crippen LogP contribution in [0.1, 0.15) is 98.5 Å². The normalized spacial score (nSPS) is 32.7. The van der Waals surface area contributed by atoms with E-state index < -0.39 is 11.9 Å². The van der Waals surface area contributed by atoms with E-state index in [9.17, 15) is 9.59 Å². The third kappa shape index (κ3) is 5.01. The van der Waals surface area contributed by atoms with E-state index in [2.05, 4.69) is 20.3 Å². The second kappa shape index (κ2) is 8.91. The molecule has 4 unspecified atom stereocenters. The summed E-state index contributed by atoms with van der Waals surface area (Å²) < 4.78 is 11.0. The van der Waals surface area contributed by atoms with Crippen molar-refractivity contribution in [2.24, 2.45) is 0 Å². The molecule has 6 rings (SSSR count). The molecule has 2 saturated heterocycles. The summed E-state index contributed by atoms with van der Waals surface area (Å²) >= 11 is 0. The van der Waals surface area contributed by atoms with Gasteiger partial charge in [0, 0.05) is 24.7 Å². The number of aromatic nitrogens is 4. The second-order valence-electron chi connectivity index (χ2n) is 11.4. The average molecular weight is 503 g/mol. The Hall–Kier alpha value is -2.86. The number of quaternary nitrogens is 2. The highest BCUT2D eigenvalue weighted by molar-refractivity contribution is 6.29. The zero-order valence-electron chi connectivity index (χ0n) is 20.9. The van der Waals surface area contributed by atoms with Crippen molar-refractivity contribution in [1.82, 2.24) is 20.3 Å². The molecular formula is C24H34N6O6+2. The number of hydroxylamine groups is 6. The Morgan fingerprint density at radius 2 is 1.11 bits per heavy atom. The predicted molar refractivity (Wildman–Crippen MR) is 121 cm³/mol. The first-order chi connectivity index (χ1) is 17.3. The molecule has 4 atom stereocenters. The van der Waals surface area contributed by atoms with E-state index in [4.69, 9.17) is 18.7 Å². The lowest BCUT2D eigenvalue weighted by molar-refractivity contribution is -1.08. The fourth-order valence-electron chi connectivity index (χ4n) is 5.53. The molecule has 2 aliphatic heterocycles. The third-order valence-electron chi connectivity index (χ3n) is 7.85. The van der Waals surface area contributed by atoms with Gasteiger partial charge < -0.3 is 9.05 Å². The van der Waals surface area contributed by atoms with Crippen LogP contribution in [0.2, 0.25) is 0 Å². The first-order valence-electron chi connectivity index (χ1n) is 13.1. The van der Waals surface area contributed by atoms with Crippen molar-refractivity contribution in [3.8, 4) is 0 Å². The molecule has 36 heavy (non-hydrogen) atoms. The van der Waals surface area contributed by atoms with E-state index in [0.717, 1.165) is 63.0 Å². The molecular weight excluding hydrogens is 468 g/mol. The number of carbonyl (C=O) groups excluding carboxylic acids is 2. The molecule has 0 bridgehead atoms. The van der Waals surface area contributed by atoms with Gasteiger partial charge in [-0.1, -0.05) is 10.3 Å². The van der Waals surface area contributed by atoms with Crippen LogP contribution < -0.4 is 0 Å². The fourth-order valence-corrected chi connectivity index (χ4v) is 5.53. The zero-order chi connectivity index (χ0) is 24.9. The molecule has 194 valence electrons. The van der Waals surface area contributed by atoms with Gasteiger partial charge in [0.2, 0.25) is 11.8 Å². The summed E-state index contributed by atoms with van der Waals surface area (Å²) in [6, 6.07) is 0. The molecule has 2 aromatic heterocycles. The monoisotopic (exact) mass is 502 g/mol. The molecule has 0 N–H and O–H groups in total. The van der Waals surface area contributed by atoms with Crippen molar-refractivity contribution in [2.75, 3.05) is 40.3 Å². The van der Waals surface area contributed by atoms with Gasteiger partial charge in [0.1, 0.15) is 40.3 Å². The number of rotatable bonds is 6. The number of likely N-dealkylation sites (tertiary alicyclic amines) is 2. The third-order valence-corrected chi connectivity index (χ3v) is 7.85. The molecule has 4 heterocycles. The smallest absolute Gasteiger partial charge is 0.339 e. The van der Waals surface area contributed by atoms with Crippen molar-refractivity contribution in [3.63, 3.8) is 0 Å². The number of hydrogen-bond donors (Lipinski definition) is 0. The van der Waals surface area contributed by atoms with Gasteiger partial charge in [0.25, 0.3) is 0 Å². The first kappa shape index (κ1) is 23.5. The number of hydrogen-bond acceptors (Lipinski definition) is 10. The van der Waals surface area contributed by atoms with Crippen molar-refractivity contribution in [2.45, 2.75) is 75.0 Å². The minimum Gasteiger partial charge on any atom is -0.339 e. The maximum Gasteiger partial charge on any atom is 0.480 e. The van der Waals surface area contributed by atoms with Crippen LogP contribution in [0.25, 0.3) is 0 Å². The van der Waals surface area contributed by atoms with E-state index in [1.165, 1.54) is 0 Å². The maximum atomic E-state index is 12.8. The Kier molecular flexibility index (Phi) is 5.83. The number of piperidine rings is 2. The van der Waals surface area contributed by atoms with Gasteiger partial charge in [-0.3, -0.25) is 9.68 Å². The Morgan fingerprint density at radius 1 is 0.694 bits per heavy atom. The molecule has 4 aliphatic rings. The molecule has 0 amide bonds. The van der Waals surface area contributed by atoms with Gasteiger partial charge in [0.15, 0.2) is 11.6 Å². The molecule has 0 aromatic carbocycles. The van der Waals surface area contributed by atoms with E-state index in [-0.39, 0.29) is 21.1 Å². The summed E-state index contributed by atoms with van der Waals surface area (Å²) in [4.78, 5) is 46.1. The Labute approximate surface area is 209 Å². The molecule has 12 nitrogen and oxygen atoms in total. The maximum absolute atomic E-state index is 12.8. The Bertz CT molecular complexity index is 1050. The van der Waals surface area contributed by atoms with E-state index >= 15 is 0 Å². The van der Waals surface area contributed by atoms with Gasteiger partial charge in [-0.15, -0.1) is 9.29 Å². The van der Waals surface area contributed by atoms with Gasteiger partial charge in [0.05, 0.1) is 11.8 Å².